The van der Waals surface area contributed by atoms with Gasteiger partial charge < -0.3 is 20.9 Å². The molecule has 6 rings (SSSR count). The van der Waals surface area contributed by atoms with Crippen LogP contribution in [0.2, 0.25) is 0 Å². The first-order valence-corrected chi connectivity index (χ1v) is 14.8. The fourth-order valence-corrected chi connectivity index (χ4v) is 5.77. The molecule has 0 aliphatic carbocycles. The van der Waals surface area contributed by atoms with Crippen LogP contribution in [0.5, 0.6) is 0 Å². The first-order valence-electron chi connectivity index (χ1n) is 13.9. The van der Waals surface area contributed by atoms with Gasteiger partial charge in [0.05, 0.1) is 6.04 Å². The van der Waals surface area contributed by atoms with Gasteiger partial charge in [0.1, 0.15) is 28.5 Å². The van der Waals surface area contributed by atoms with E-state index in [4.69, 9.17) is 10.7 Å². The van der Waals surface area contributed by atoms with Crippen molar-refractivity contribution in [3.05, 3.63) is 89.8 Å². The van der Waals surface area contributed by atoms with Crippen molar-refractivity contribution in [2.24, 2.45) is 0 Å². The zero-order valence-electron chi connectivity index (χ0n) is 23.8. The lowest BCUT2D eigenvalue weighted by molar-refractivity contribution is -0.127. The van der Waals surface area contributed by atoms with Gasteiger partial charge in [0, 0.05) is 59.3 Å². The van der Waals surface area contributed by atoms with Crippen molar-refractivity contribution in [2.45, 2.75) is 18.9 Å². The normalized spacial score (nSPS) is 15.1. The van der Waals surface area contributed by atoms with Gasteiger partial charge in [-0.05, 0) is 62.7 Å². The molecule has 0 unspecified atom stereocenters. The molecule has 4 heterocycles. The monoisotopic (exact) mass is 593 g/mol. The molecule has 1 atom stereocenters. The summed E-state index contributed by atoms with van der Waals surface area (Å²) < 4.78 is 5.82. The number of nitrogens with two attached hydrogens (primary N) is 1. The molecule has 2 amide bonds. The number of hydrogen-bond donors (Lipinski definition) is 2. The third kappa shape index (κ3) is 5.87. The molecule has 1 fully saturated rings. The molecule has 3 aromatic heterocycles. The van der Waals surface area contributed by atoms with Crippen LogP contribution in [-0.4, -0.2) is 72.8 Å². The molecule has 0 bridgehead atoms. The van der Waals surface area contributed by atoms with Gasteiger partial charge >= 0.3 is 0 Å². The zero-order valence-corrected chi connectivity index (χ0v) is 24.7. The molecule has 218 valence electrons. The number of fused-ring (bicyclic) bond motifs is 1. The van der Waals surface area contributed by atoms with Crippen molar-refractivity contribution in [3.8, 4) is 22.5 Å². The van der Waals surface area contributed by atoms with Gasteiger partial charge in [-0.2, -0.15) is 0 Å². The number of carbonyl (C=O) groups excluding carboxylic acids is 2. The lowest BCUT2D eigenvalue weighted by Crippen LogP contribution is -2.30. The Morgan fingerprint density at radius 1 is 1.16 bits per heavy atom. The second kappa shape index (κ2) is 12.1. The second-order valence-corrected chi connectivity index (χ2v) is 11.2. The molecule has 12 heteroatoms. The van der Waals surface area contributed by atoms with Crippen LogP contribution in [0.3, 0.4) is 0 Å². The summed E-state index contributed by atoms with van der Waals surface area (Å²) >= 11 is 1.29. The molecule has 3 N–H and O–H groups in total. The van der Waals surface area contributed by atoms with E-state index in [2.05, 4.69) is 19.9 Å². The Labute approximate surface area is 252 Å². The van der Waals surface area contributed by atoms with E-state index in [1.807, 2.05) is 82.3 Å². The Morgan fingerprint density at radius 3 is 2.77 bits per heavy atom. The Morgan fingerprint density at radius 2 is 2.00 bits per heavy atom. The minimum Gasteiger partial charge on any atom is -0.382 e. The van der Waals surface area contributed by atoms with Crippen molar-refractivity contribution >= 4 is 40.4 Å². The minimum atomic E-state index is -0.253. The van der Waals surface area contributed by atoms with Crippen LogP contribution in [0, 0.1) is 0 Å². The standard InChI is InChI=1S/C31H31N9O2S/c1-38(2)15-5-9-26(41)39-16-4-8-25(39)30-35-27(28-29(32)33-14-17-40(28)30)21-6-3-7-22(18-21)31(42)34-23-12-10-20(11-13-23)24-19-43-37-36-24/h3,5-7,9-14,17-19,25H,4,8,15-16H2,1-2H3,(H2,32,33)(H,34,42)/b9-5+/t25-/m0/s1. The largest absolute Gasteiger partial charge is 0.382 e. The van der Waals surface area contributed by atoms with Gasteiger partial charge in [-0.3, -0.25) is 14.0 Å². The maximum absolute atomic E-state index is 13.3. The number of anilines is 2. The molecule has 1 aliphatic heterocycles. The molecule has 1 saturated heterocycles. The predicted octanol–water partition coefficient (Wildman–Crippen LogP) is 4.53. The fraction of sp³-hybridized carbons (Fsp3) is 0.226. The smallest absolute Gasteiger partial charge is 0.255 e. The molecule has 0 radical (unpaired) electrons. The second-order valence-electron chi connectivity index (χ2n) is 10.6. The number of nitrogen functional groups attached to an aromatic ring is 1. The number of aromatic nitrogens is 5. The Kier molecular flexibility index (Phi) is 7.95. The van der Waals surface area contributed by atoms with E-state index in [1.165, 1.54) is 11.5 Å². The number of likely N-dealkylation sites (tertiary alicyclic amines) is 1. The maximum atomic E-state index is 13.3. The predicted molar refractivity (Wildman–Crippen MR) is 168 cm³/mol. The molecule has 43 heavy (non-hydrogen) atoms. The molecular formula is C31H31N9O2S. The summed E-state index contributed by atoms with van der Waals surface area (Å²) in [6, 6.07) is 14.5. The van der Waals surface area contributed by atoms with Crippen LogP contribution in [0.4, 0.5) is 11.5 Å². The van der Waals surface area contributed by atoms with Crippen LogP contribution in [0.25, 0.3) is 28.0 Å². The Balaban J connectivity index is 1.29. The maximum Gasteiger partial charge on any atom is 0.255 e. The number of hydrogen-bond acceptors (Lipinski definition) is 9. The first-order chi connectivity index (χ1) is 20.9. The fourth-order valence-electron chi connectivity index (χ4n) is 5.31. The van der Waals surface area contributed by atoms with E-state index >= 15 is 0 Å². The molecule has 2 aromatic carbocycles. The number of nitrogens with one attached hydrogen (secondary N) is 1. The van der Waals surface area contributed by atoms with Crippen LogP contribution in [-0.2, 0) is 4.79 Å². The molecule has 0 spiro atoms. The van der Waals surface area contributed by atoms with Crippen molar-refractivity contribution < 1.29 is 9.59 Å². The number of rotatable bonds is 8. The summed E-state index contributed by atoms with van der Waals surface area (Å²) in [5, 5.41) is 8.92. The van der Waals surface area contributed by atoms with E-state index in [9.17, 15) is 9.59 Å². The third-order valence-electron chi connectivity index (χ3n) is 7.37. The zero-order chi connectivity index (χ0) is 29.9. The van der Waals surface area contributed by atoms with Crippen molar-refractivity contribution in [3.63, 3.8) is 0 Å². The number of amides is 2. The first kappa shape index (κ1) is 28.2. The highest BCUT2D eigenvalue weighted by Gasteiger charge is 2.33. The highest BCUT2D eigenvalue weighted by Crippen LogP contribution is 2.36. The lowest BCUT2D eigenvalue weighted by atomic mass is 10.1. The van der Waals surface area contributed by atoms with E-state index in [0.29, 0.717) is 41.4 Å². The molecule has 5 aromatic rings. The van der Waals surface area contributed by atoms with Gasteiger partial charge in [-0.15, -0.1) is 5.10 Å². The van der Waals surface area contributed by atoms with Gasteiger partial charge in [-0.1, -0.05) is 34.8 Å². The number of carbonyl (C=O) groups is 2. The summed E-state index contributed by atoms with van der Waals surface area (Å²) in [6.45, 7) is 1.33. The Bertz CT molecular complexity index is 1800. The summed E-state index contributed by atoms with van der Waals surface area (Å²) in [7, 11) is 3.92. The van der Waals surface area contributed by atoms with Gasteiger partial charge in [0.25, 0.3) is 5.91 Å². The van der Waals surface area contributed by atoms with E-state index in [0.717, 1.165) is 35.5 Å². The number of benzene rings is 2. The molecular weight excluding hydrogens is 562 g/mol. The number of likely N-dealkylation sites (N-methyl/N-ethyl adjacent to an activating group) is 1. The highest BCUT2D eigenvalue weighted by atomic mass is 32.1. The van der Waals surface area contributed by atoms with Gasteiger partial charge in [0.2, 0.25) is 5.91 Å². The van der Waals surface area contributed by atoms with E-state index in [1.54, 1.807) is 24.4 Å². The summed E-state index contributed by atoms with van der Waals surface area (Å²) in [5.41, 5.74) is 11.2. The van der Waals surface area contributed by atoms with Crippen molar-refractivity contribution in [1.29, 1.82) is 0 Å². The molecule has 1 aliphatic rings. The van der Waals surface area contributed by atoms with E-state index in [-0.39, 0.29) is 17.9 Å². The Hall–Kier alpha value is -4.94. The molecule has 0 saturated carbocycles. The summed E-state index contributed by atoms with van der Waals surface area (Å²) in [6.07, 6.45) is 8.63. The number of nitrogens with zero attached hydrogens (tertiary/aromatic N) is 7. The van der Waals surface area contributed by atoms with Gasteiger partial charge in [-0.25, -0.2) is 9.97 Å². The topological polar surface area (TPSA) is 135 Å². The average molecular weight is 594 g/mol. The van der Waals surface area contributed by atoms with Gasteiger partial charge in [0.15, 0.2) is 0 Å². The van der Waals surface area contributed by atoms with Crippen LogP contribution >= 0.6 is 11.5 Å². The average Bonchev–Trinajstić information content (AvgIpc) is 3.78. The summed E-state index contributed by atoms with van der Waals surface area (Å²) in [4.78, 5) is 39.6. The van der Waals surface area contributed by atoms with E-state index < -0.39 is 0 Å². The SMILES string of the molecule is CN(C)C/C=C/C(=O)N1CCC[C@H]1c1nc(-c2cccc(C(=O)Nc3ccc(-c4csnn4)cc3)c2)c2c(N)nccn12. The van der Waals surface area contributed by atoms with Crippen molar-refractivity contribution in [2.75, 3.05) is 38.2 Å². The van der Waals surface area contributed by atoms with Crippen LogP contribution in [0.1, 0.15) is 35.1 Å². The minimum absolute atomic E-state index is 0.0420. The van der Waals surface area contributed by atoms with Crippen LogP contribution < -0.4 is 11.1 Å². The molecule has 11 nitrogen and oxygen atoms in total. The van der Waals surface area contributed by atoms with Crippen molar-refractivity contribution in [1.82, 2.24) is 33.8 Å². The highest BCUT2D eigenvalue weighted by molar-refractivity contribution is 7.03. The summed E-state index contributed by atoms with van der Waals surface area (Å²) in [5.74, 6) is 0.746. The number of imidazole rings is 1. The third-order valence-corrected chi connectivity index (χ3v) is 7.88. The quantitative estimate of drug-likeness (QED) is 0.251. The lowest BCUT2D eigenvalue weighted by Gasteiger charge is -2.22. The van der Waals surface area contributed by atoms with Crippen LogP contribution in [0.15, 0.2) is 78.5 Å².